The highest BCUT2D eigenvalue weighted by Crippen LogP contribution is 2.26. The highest BCUT2D eigenvalue weighted by atomic mass is 14.8. The first-order valence-electron chi connectivity index (χ1n) is 5.87. The number of aromatic nitrogens is 2. The minimum absolute atomic E-state index is 0.157. The molecule has 0 spiro atoms. The monoisotopic (exact) mass is 216 g/mol. The summed E-state index contributed by atoms with van der Waals surface area (Å²) in [4.78, 5) is 7.96. The summed E-state index contributed by atoms with van der Waals surface area (Å²) in [5.74, 6) is 0.521. The van der Waals surface area contributed by atoms with Crippen LogP contribution in [-0.4, -0.2) is 9.97 Å². The summed E-state index contributed by atoms with van der Waals surface area (Å²) in [6.07, 6.45) is 1.99. The molecule has 2 aromatic rings. The third-order valence-electron chi connectivity index (χ3n) is 2.98. The number of nitrogens with one attached hydrogen (secondary N) is 1. The van der Waals surface area contributed by atoms with Gasteiger partial charge in [-0.05, 0) is 29.0 Å². The predicted octanol–water partition coefficient (Wildman–Crippen LogP) is 3.98. The van der Waals surface area contributed by atoms with Crippen LogP contribution in [0.1, 0.15) is 51.8 Å². The molecule has 0 bridgehead atoms. The van der Waals surface area contributed by atoms with E-state index in [9.17, 15) is 0 Å². The fourth-order valence-corrected chi connectivity index (χ4v) is 1.75. The van der Waals surface area contributed by atoms with E-state index in [4.69, 9.17) is 0 Å². The molecule has 16 heavy (non-hydrogen) atoms. The van der Waals surface area contributed by atoms with E-state index in [2.05, 4.69) is 56.7 Å². The van der Waals surface area contributed by atoms with Crippen LogP contribution in [0.4, 0.5) is 0 Å². The topological polar surface area (TPSA) is 28.7 Å². The van der Waals surface area contributed by atoms with Gasteiger partial charge in [-0.3, -0.25) is 4.98 Å². The Morgan fingerprint density at radius 2 is 1.88 bits per heavy atom. The van der Waals surface area contributed by atoms with E-state index in [1.54, 1.807) is 0 Å². The van der Waals surface area contributed by atoms with Crippen LogP contribution in [0, 0.1) is 0 Å². The first kappa shape index (κ1) is 11.2. The van der Waals surface area contributed by atoms with Crippen LogP contribution >= 0.6 is 0 Å². The molecule has 0 aliphatic rings. The Morgan fingerprint density at radius 1 is 1.19 bits per heavy atom. The van der Waals surface area contributed by atoms with Crippen molar-refractivity contribution in [2.75, 3.05) is 0 Å². The van der Waals surface area contributed by atoms with Gasteiger partial charge in [0.05, 0.1) is 11.0 Å². The molecular formula is C14H20N2. The van der Waals surface area contributed by atoms with E-state index in [0.717, 1.165) is 11.0 Å². The van der Waals surface area contributed by atoms with Crippen LogP contribution in [0.2, 0.25) is 0 Å². The van der Waals surface area contributed by atoms with Gasteiger partial charge in [-0.2, -0.15) is 0 Å². The lowest BCUT2D eigenvalue weighted by atomic mass is 9.88. The van der Waals surface area contributed by atoms with Gasteiger partial charge in [0.25, 0.3) is 0 Å². The maximum Gasteiger partial charge on any atom is 0.0881 e. The largest absolute Gasteiger partial charge is 0.357 e. The van der Waals surface area contributed by atoms with Gasteiger partial charge in [0.2, 0.25) is 0 Å². The maximum absolute atomic E-state index is 4.52. The van der Waals surface area contributed by atoms with Crippen molar-refractivity contribution in [2.45, 2.75) is 46.0 Å². The van der Waals surface area contributed by atoms with Crippen molar-refractivity contribution in [2.24, 2.45) is 0 Å². The molecular weight excluding hydrogens is 196 g/mol. The van der Waals surface area contributed by atoms with Crippen molar-refractivity contribution in [3.05, 3.63) is 29.6 Å². The average molecular weight is 216 g/mol. The van der Waals surface area contributed by atoms with Crippen LogP contribution in [0.3, 0.4) is 0 Å². The molecule has 86 valence electrons. The molecule has 2 nitrogen and oxygen atoms in total. The number of fused-ring (bicyclic) bond motifs is 1. The Bertz CT molecular complexity index is 501. The lowest BCUT2D eigenvalue weighted by Crippen LogP contribution is -2.11. The van der Waals surface area contributed by atoms with E-state index < -0.39 is 0 Å². The summed E-state index contributed by atoms with van der Waals surface area (Å²) in [5, 5.41) is 0. The van der Waals surface area contributed by atoms with Gasteiger partial charge in [-0.15, -0.1) is 0 Å². The Hall–Kier alpha value is -1.31. The lowest BCUT2D eigenvalue weighted by molar-refractivity contribution is 0.588. The molecule has 2 rings (SSSR count). The molecule has 2 heterocycles. The number of nitrogens with zero attached hydrogens (tertiary/aromatic N) is 1. The number of hydrogen-bond donors (Lipinski definition) is 1. The summed E-state index contributed by atoms with van der Waals surface area (Å²) >= 11 is 0. The SMILES string of the molecule is CC(C)c1cc2ncc(C(C)(C)C)cc2[nH]1. The van der Waals surface area contributed by atoms with Crippen LogP contribution in [0.5, 0.6) is 0 Å². The standard InChI is InChI=1S/C14H20N2/c1-9(2)11-7-12-13(16-11)6-10(8-15-12)14(3,4)5/h6-9,16H,1-5H3. The third kappa shape index (κ3) is 1.97. The first-order valence-corrected chi connectivity index (χ1v) is 5.87. The zero-order valence-electron chi connectivity index (χ0n) is 10.8. The number of hydrogen-bond acceptors (Lipinski definition) is 1. The number of rotatable bonds is 1. The van der Waals surface area contributed by atoms with E-state index in [1.807, 2.05) is 6.20 Å². The van der Waals surface area contributed by atoms with E-state index in [1.165, 1.54) is 11.3 Å². The lowest BCUT2D eigenvalue weighted by Gasteiger charge is -2.18. The van der Waals surface area contributed by atoms with Gasteiger partial charge in [0.1, 0.15) is 0 Å². The minimum atomic E-state index is 0.157. The first-order chi connectivity index (χ1) is 7.38. The van der Waals surface area contributed by atoms with Gasteiger partial charge in [0.15, 0.2) is 0 Å². The zero-order valence-corrected chi connectivity index (χ0v) is 10.8. The van der Waals surface area contributed by atoms with Crippen LogP contribution in [-0.2, 0) is 5.41 Å². The van der Waals surface area contributed by atoms with Gasteiger partial charge in [-0.25, -0.2) is 0 Å². The Kier molecular flexibility index (Phi) is 2.53. The van der Waals surface area contributed by atoms with Crippen molar-refractivity contribution < 1.29 is 0 Å². The van der Waals surface area contributed by atoms with Gasteiger partial charge < -0.3 is 4.98 Å². The van der Waals surface area contributed by atoms with E-state index >= 15 is 0 Å². The molecule has 2 heteroatoms. The fourth-order valence-electron chi connectivity index (χ4n) is 1.75. The molecule has 0 aliphatic heterocycles. The summed E-state index contributed by atoms with van der Waals surface area (Å²) in [7, 11) is 0. The summed E-state index contributed by atoms with van der Waals surface area (Å²) in [5.41, 5.74) is 4.91. The Morgan fingerprint density at radius 3 is 2.44 bits per heavy atom. The minimum Gasteiger partial charge on any atom is -0.357 e. The van der Waals surface area contributed by atoms with Crippen molar-refractivity contribution >= 4 is 11.0 Å². The zero-order chi connectivity index (χ0) is 11.9. The van der Waals surface area contributed by atoms with Crippen LogP contribution < -0.4 is 0 Å². The fraction of sp³-hybridized carbons (Fsp3) is 0.500. The predicted molar refractivity (Wildman–Crippen MR) is 68.9 cm³/mol. The van der Waals surface area contributed by atoms with Crippen LogP contribution in [0.25, 0.3) is 11.0 Å². The molecule has 1 N–H and O–H groups in total. The normalized spacial score (nSPS) is 12.6. The average Bonchev–Trinajstić information content (AvgIpc) is 2.58. The number of aromatic amines is 1. The highest BCUT2D eigenvalue weighted by molar-refractivity contribution is 5.76. The second-order valence-corrected chi connectivity index (χ2v) is 5.79. The molecule has 0 saturated heterocycles. The number of pyridine rings is 1. The van der Waals surface area contributed by atoms with Crippen molar-refractivity contribution in [1.82, 2.24) is 9.97 Å². The number of H-pyrrole nitrogens is 1. The second-order valence-electron chi connectivity index (χ2n) is 5.79. The Labute approximate surface area is 97.1 Å². The third-order valence-corrected chi connectivity index (χ3v) is 2.98. The second kappa shape index (κ2) is 3.62. The van der Waals surface area contributed by atoms with Crippen molar-refractivity contribution in [3.63, 3.8) is 0 Å². The molecule has 0 saturated carbocycles. The maximum atomic E-state index is 4.52. The molecule has 2 aromatic heterocycles. The molecule has 0 radical (unpaired) electrons. The summed E-state index contributed by atoms with van der Waals surface area (Å²) in [6.45, 7) is 11.0. The van der Waals surface area contributed by atoms with Gasteiger partial charge >= 0.3 is 0 Å². The smallest absolute Gasteiger partial charge is 0.0881 e. The summed E-state index contributed by atoms with van der Waals surface area (Å²) < 4.78 is 0. The molecule has 0 fully saturated rings. The van der Waals surface area contributed by atoms with E-state index in [-0.39, 0.29) is 5.41 Å². The van der Waals surface area contributed by atoms with Crippen LogP contribution in [0.15, 0.2) is 18.3 Å². The van der Waals surface area contributed by atoms with Crippen molar-refractivity contribution in [1.29, 1.82) is 0 Å². The summed E-state index contributed by atoms with van der Waals surface area (Å²) in [6, 6.07) is 4.36. The van der Waals surface area contributed by atoms with Crippen molar-refractivity contribution in [3.8, 4) is 0 Å². The Balaban J connectivity index is 2.54. The molecule has 0 aliphatic carbocycles. The molecule has 0 unspecified atom stereocenters. The quantitative estimate of drug-likeness (QED) is 0.767. The van der Waals surface area contributed by atoms with E-state index in [0.29, 0.717) is 5.92 Å². The highest BCUT2D eigenvalue weighted by Gasteiger charge is 2.15. The van der Waals surface area contributed by atoms with Gasteiger partial charge in [0, 0.05) is 11.9 Å². The van der Waals surface area contributed by atoms with Gasteiger partial charge in [-0.1, -0.05) is 34.6 Å². The molecule has 0 atom stereocenters. The molecule has 0 aromatic carbocycles. The molecule has 0 amide bonds.